The molecule has 2 nitrogen and oxygen atoms in total. The van der Waals surface area contributed by atoms with Gasteiger partial charge in [-0.05, 0) is 19.4 Å². The molecule has 1 atom stereocenters. The summed E-state index contributed by atoms with van der Waals surface area (Å²) in [4.78, 5) is 10.3. The minimum Gasteiger partial charge on any atom is -0.353 e. The lowest BCUT2D eigenvalue weighted by Gasteiger charge is -2.02. The Morgan fingerprint density at radius 1 is 1.75 bits per heavy atom. The maximum Gasteiger partial charge on any atom is 0.151 e. The molecular formula is C9H12FNO. The smallest absolute Gasteiger partial charge is 0.151 e. The van der Waals surface area contributed by atoms with Crippen LogP contribution in [-0.2, 0) is 6.54 Å². The summed E-state index contributed by atoms with van der Waals surface area (Å²) in [5.41, 5.74) is 0.640. The molecule has 0 spiro atoms. The third-order valence-electron chi connectivity index (χ3n) is 1.69. The number of carbonyl (C=O) groups excluding carboxylic acids is 1. The average Bonchev–Trinajstić information content (AvgIpc) is 2.48. The second-order valence-corrected chi connectivity index (χ2v) is 2.87. The highest BCUT2D eigenvalue weighted by molar-refractivity contribution is 5.74. The normalized spacial score (nSPS) is 12.8. The van der Waals surface area contributed by atoms with Crippen molar-refractivity contribution in [1.82, 2.24) is 4.57 Å². The van der Waals surface area contributed by atoms with Crippen LogP contribution in [0, 0.1) is 0 Å². The lowest BCUT2D eigenvalue weighted by Crippen LogP contribution is -2.01. The number of aldehydes is 1. The van der Waals surface area contributed by atoms with Crippen LogP contribution in [0.5, 0.6) is 0 Å². The summed E-state index contributed by atoms with van der Waals surface area (Å²) >= 11 is 0. The Morgan fingerprint density at radius 3 is 3.00 bits per heavy atom. The molecule has 66 valence electrons. The Kier molecular flexibility index (Phi) is 3.02. The molecule has 12 heavy (non-hydrogen) atoms. The molecule has 1 rings (SSSR count). The Bertz CT molecular complexity index is 255. The highest BCUT2D eigenvalue weighted by atomic mass is 19.1. The van der Waals surface area contributed by atoms with Crippen LogP contribution in [-0.4, -0.2) is 17.0 Å². The van der Waals surface area contributed by atoms with Crippen LogP contribution in [0.25, 0.3) is 0 Å². The fraction of sp³-hybridized carbons (Fsp3) is 0.444. The van der Waals surface area contributed by atoms with Gasteiger partial charge in [0, 0.05) is 24.5 Å². The zero-order valence-corrected chi connectivity index (χ0v) is 7.03. The number of nitrogens with zero attached hydrogens (tertiary/aromatic N) is 1. The van der Waals surface area contributed by atoms with E-state index in [-0.39, 0.29) is 0 Å². The van der Waals surface area contributed by atoms with Gasteiger partial charge in [0.1, 0.15) is 0 Å². The van der Waals surface area contributed by atoms with Crippen molar-refractivity contribution < 1.29 is 9.18 Å². The fourth-order valence-corrected chi connectivity index (χ4v) is 0.995. The summed E-state index contributed by atoms with van der Waals surface area (Å²) in [6, 6.07) is 1.72. The maximum atomic E-state index is 12.4. The molecule has 3 heteroatoms. The first-order valence-corrected chi connectivity index (χ1v) is 3.97. The third-order valence-corrected chi connectivity index (χ3v) is 1.69. The fourth-order valence-electron chi connectivity index (χ4n) is 0.995. The Balaban J connectivity index is 2.47. The molecule has 0 fully saturated rings. The van der Waals surface area contributed by atoms with Crippen LogP contribution in [0.2, 0.25) is 0 Å². The molecule has 0 saturated heterocycles. The lowest BCUT2D eigenvalue weighted by atomic mass is 10.3. The molecule has 0 aliphatic rings. The van der Waals surface area contributed by atoms with Gasteiger partial charge in [0.15, 0.2) is 6.29 Å². The van der Waals surface area contributed by atoms with Gasteiger partial charge in [0.25, 0.3) is 0 Å². The van der Waals surface area contributed by atoms with Gasteiger partial charge >= 0.3 is 0 Å². The number of rotatable bonds is 4. The van der Waals surface area contributed by atoms with Crippen molar-refractivity contribution in [2.45, 2.75) is 26.1 Å². The first-order chi connectivity index (χ1) is 5.72. The van der Waals surface area contributed by atoms with Crippen molar-refractivity contribution in [3.63, 3.8) is 0 Å². The summed E-state index contributed by atoms with van der Waals surface area (Å²) in [5, 5.41) is 0. The maximum absolute atomic E-state index is 12.4. The average molecular weight is 169 g/mol. The zero-order chi connectivity index (χ0) is 8.97. The van der Waals surface area contributed by atoms with E-state index in [0.717, 1.165) is 6.29 Å². The highest BCUT2D eigenvalue weighted by Crippen LogP contribution is 2.02. The first-order valence-electron chi connectivity index (χ1n) is 3.97. The minimum atomic E-state index is -0.785. The van der Waals surface area contributed by atoms with Crippen LogP contribution in [0.1, 0.15) is 23.7 Å². The van der Waals surface area contributed by atoms with Gasteiger partial charge in [-0.1, -0.05) is 0 Å². The molecule has 0 bridgehead atoms. The topological polar surface area (TPSA) is 22.0 Å². The van der Waals surface area contributed by atoms with Crippen LogP contribution >= 0.6 is 0 Å². The van der Waals surface area contributed by atoms with Crippen LogP contribution in [0.3, 0.4) is 0 Å². The van der Waals surface area contributed by atoms with Gasteiger partial charge in [0.05, 0.1) is 6.17 Å². The molecule has 1 aromatic heterocycles. The Morgan fingerprint density at radius 2 is 2.50 bits per heavy atom. The Labute approximate surface area is 71.0 Å². The molecule has 0 saturated carbocycles. The quantitative estimate of drug-likeness (QED) is 0.632. The number of hydrogen-bond donors (Lipinski definition) is 0. The monoisotopic (exact) mass is 169 g/mol. The molecule has 1 unspecified atom stereocenters. The van der Waals surface area contributed by atoms with Gasteiger partial charge < -0.3 is 4.57 Å². The van der Waals surface area contributed by atoms with Gasteiger partial charge in [0.2, 0.25) is 0 Å². The van der Waals surface area contributed by atoms with Crippen LogP contribution in [0.4, 0.5) is 4.39 Å². The predicted octanol–water partition coefficient (Wildman–Crippen LogP) is 2.05. The van der Waals surface area contributed by atoms with E-state index >= 15 is 0 Å². The van der Waals surface area contributed by atoms with E-state index in [1.165, 1.54) is 6.92 Å². The molecule has 0 amide bonds. The number of aromatic nitrogens is 1. The predicted molar refractivity (Wildman–Crippen MR) is 45.0 cm³/mol. The SMILES string of the molecule is CC(F)CCn1ccc(C=O)c1. The second-order valence-electron chi connectivity index (χ2n) is 2.87. The van der Waals surface area contributed by atoms with E-state index in [0.29, 0.717) is 18.5 Å². The molecule has 1 aromatic rings. The number of halogens is 1. The van der Waals surface area contributed by atoms with E-state index in [4.69, 9.17) is 0 Å². The van der Waals surface area contributed by atoms with Gasteiger partial charge in [-0.3, -0.25) is 4.79 Å². The Hall–Kier alpha value is -1.12. The van der Waals surface area contributed by atoms with E-state index in [1.807, 2.05) is 4.57 Å². The lowest BCUT2D eigenvalue weighted by molar-refractivity contribution is 0.112. The minimum absolute atomic E-state index is 0.493. The summed E-state index contributed by atoms with van der Waals surface area (Å²) in [6.07, 6.45) is 4.00. The first kappa shape index (κ1) is 8.97. The molecular weight excluding hydrogens is 157 g/mol. The number of carbonyl (C=O) groups is 1. The number of alkyl halides is 1. The van der Waals surface area contributed by atoms with Crippen LogP contribution in [0.15, 0.2) is 18.5 Å². The van der Waals surface area contributed by atoms with Crippen molar-refractivity contribution in [2.24, 2.45) is 0 Å². The molecule has 0 aliphatic heterocycles. The molecule has 0 N–H and O–H groups in total. The number of aryl methyl sites for hydroxylation is 1. The molecule has 0 radical (unpaired) electrons. The molecule has 0 aromatic carbocycles. The molecule has 0 aliphatic carbocycles. The van der Waals surface area contributed by atoms with Gasteiger partial charge in [-0.15, -0.1) is 0 Å². The largest absolute Gasteiger partial charge is 0.353 e. The van der Waals surface area contributed by atoms with Crippen molar-refractivity contribution >= 4 is 6.29 Å². The van der Waals surface area contributed by atoms with Gasteiger partial charge in [-0.25, -0.2) is 4.39 Å². The third kappa shape index (κ3) is 2.49. The van der Waals surface area contributed by atoms with Crippen molar-refractivity contribution in [3.8, 4) is 0 Å². The van der Waals surface area contributed by atoms with E-state index in [1.54, 1.807) is 18.5 Å². The zero-order valence-electron chi connectivity index (χ0n) is 7.03. The molecule has 1 heterocycles. The summed E-state index contributed by atoms with van der Waals surface area (Å²) in [7, 11) is 0. The standard InChI is InChI=1S/C9H12FNO/c1-8(10)2-4-11-5-3-9(6-11)7-12/h3,5-8H,2,4H2,1H3. The highest BCUT2D eigenvalue weighted by Gasteiger charge is 1.99. The van der Waals surface area contributed by atoms with Crippen molar-refractivity contribution in [3.05, 3.63) is 24.0 Å². The van der Waals surface area contributed by atoms with E-state index in [2.05, 4.69) is 0 Å². The number of hydrogen-bond acceptors (Lipinski definition) is 1. The van der Waals surface area contributed by atoms with Crippen LogP contribution < -0.4 is 0 Å². The summed E-state index contributed by atoms with van der Waals surface area (Å²) in [6.45, 7) is 2.16. The van der Waals surface area contributed by atoms with E-state index in [9.17, 15) is 9.18 Å². The summed E-state index contributed by atoms with van der Waals surface area (Å²) in [5.74, 6) is 0. The van der Waals surface area contributed by atoms with Crippen molar-refractivity contribution in [1.29, 1.82) is 0 Å². The second kappa shape index (κ2) is 4.04. The van der Waals surface area contributed by atoms with Crippen molar-refractivity contribution in [2.75, 3.05) is 0 Å². The summed E-state index contributed by atoms with van der Waals surface area (Å²) < 4.78 is 14.2. The van der Waals surface area contributed by atoms with Gasteiger partial charge in [-0.2, -0.15) is 0 Å². The van der Waals surface area contributed by atoms with E-state index < -0.39 is 6.17 Å².